The molecular weight excluding hydrogens is 753 g/mol. The van der Waals surface area contributed by atoms with E-state index in [-0.39, 0.29) is 28.2 Å². The number of aromatic carboxylic acids is 4. The van der Waals surface area contributed by atoms with Crippen LogP contribution in [0.5, 0.6) is 0 Å². The molecular formula is C48H62O11. The van der Waals surface area contributed by atoms with Crippen LogP contribution in [0.3, 0.4) is 0 Å². The Morgan fingerprint density at radius 3 is 1.51 bits per heavy atom. The lowest BCUT2D eigenvalue weighted by Gasteiger charge is -2.49. The first-order valence-corrected chi connectivity index (χ1v) is 21.2. The number of carbonyl (C=O) groups excluding carboxylic acids is 2. The highest BCUT2D eigenvalue weighted by molar-refractivity contribution is 6.04. The van der Waals surface area contributed by atoms with Crippen molar-refractivity contribution in [3.8, 4) is 0 Å². The summed E-state index contributed by atoms with van der Waals surface area (Å²) in [6.45, 7) is 12.1. The highest BCUT2D eigenvalue weighted by Gasteiger charge is 2.66. The van der Waals surface area contributed by atoms with Crippen molar-refractivity contribution in [3.05, 3.63) is 93.6 Å². The number of fused-ring (bicyclic) bond motifs is 1. The lowest BCUT2D eigenvalue weighted by Crippen LogP contribution is -2.49. The molecule has 11 heteroatoms. The molecule has 1 fully saturated rings. The standard InChI is InChI=1S/C48H62O11/c1-7-9-11-13-15-17-19-37(30-21-23-33(40(49)50)35(27-30)42(53)54)46(3,4)32-25-26-48(39(29-32)44(57)59-45(48)58)47(5,6)38(20-18-16-14-12-10-8-2)31-22-24-34(41(51)52)36(28-31)43(55)56/h21-29,37-39H,7-20H2,1-6H3,(H,49,50)(H,51,52)(H,53,54)(H,55,56). The zero-order chi connectivity index (χ0) is 43.7. The summed E-state index contributed by atoms with van der Waals surface area (Å²) in [6.07, 6.45) is 18.7. The van der Waals surface area contributed by atoms with Crippen LogP contribution in [-0.4, -0.2) is 56.2 Å². The topological polar surface area (TPSA) is 193 Å². The van der Waals surface area contributed by atoms with Crippen LogP contribution in [0.2, 0.25) is 0 Å². The summed E-state index contributed by atoms with van der Waals surface area (Å²) >= 11 is 0. The van der Waals surface area contributed by atoms with Gasteiger partial charge in [-0.2, -0.15) is 0 Å². The molecule has 2 aromatic carbocycles. The van der Waals surface area contributed by atoms with Gasteiger partial charge in [0.2, 0.25) is 0 Å². The third-order valence-electron chi connectivity index (χ3n) is 13.2. The first-order valence-electron chi connectivity index (χ1n) is 21.2. The van der Waals surface area contributed by atoms with E-state index >= 15 is 0 Å². The summed E-state index contributed by atoms with van der Waals surface area (Å²) < 4.78 is 5.50. The van der Waals surface area contributed by atoms with Crippen LogP contribution in [-0.2, 0) is 14.3 Å². The molecule has 0 saturated carbocycles. The Morgan fingerprint density at radius 2 is 1.05 bits per heavy atom. The number of esters is 2. The van der Waals surface area contributed by atoms with Crippen LogP contribution in [0.25, 0.3) is 0 Å². The number of hydrogen-bond acceptors (Lipinski definition) is 7. The second-order valence-corrected chi connectivity index (χ2v) is 17.5. The van der Waals surface area contributed by atoms with Gasteiger partial charge in [0.05, 0.1) is 28.2 Å². The van der Waals surface area contributed by atoms with Crippen LogP contribution < -0.4 is 0 Å². The molecule has 0 spiro atoms. The fourth-order valence-corrected chi connectivity index (χ4v) is 9.61. The highest BCUT2D eigenvalue weighted by atomic mass is 16.6. The number of cyclic esters (lactones) is 2. The zero-order valence-electron chi connectivity index (χ0n) is 35.5. The first kappa shape index (κ1) is 46.6. The van der Waals surface area contributed by atoms with Crippen molar-refractivity contribution in [1.82, 2.24) is 0 Å². The maximum Gasteiger partial charge on any atom is 0.336 e. The minimum absolute atomic E-state index is 0.304. The molecule has 4 atom stereocenters. The largest absolute Gasteiger partial charge is 0.478 e. The molecule has 1 aliphatic heterocycles. The van der Waals surface area contributed by atoms with E-state index in [2.05, 4.69) is 13.8 Å². The number of hydrogen-bond donors (Lipinski definition) is 4. The molecule has 4 unspecified atom stereocenters. The Labute approximate surface area is 347 Å². The van der Waals surface area contributed by atoms with E-state index in [0.29, 0.717) is 24.0 Å². The van der Waals surface area contributed by atoms with E-state index < -0.39 is 63.9 Å². The second kappa shape index (κ2) is 19.8. The Hall–Kier alpha value is -5.06. The molecule has 0 bridgehead atoms. The Balaban J connectivity index is 1.82. The van der Waals surface area contributed by atoms with Gasteiger partial charge in [0.1, 0.15) is 5.41 Å². The number of ether oxygens (including phenoxy) is 1. The number of allylic oxidation sites excluding steroid dienone is 2. The molecule has 0 radical (unpaired) electrons. The average Bonchev–Trinajstić information content (AvgIpc) is 3.45. The molecule has 4 rings (SSSR count). The van der Waals surface area contributed by atoms with Gasteiger partial charge in [0.25, 0.3) is 0 Å². The number of carboxylic acid groups (broad SMARTS) is 4. The van der Waals surface area contributed by atoms with Crippen molar-refractivity contribution in [2.75, 3.05) is 0 Å². The van der Waals surface area contributed by atoms with Crippen LogP contribution >= 0.6 is 0 Å². The van der Waals surface area contributed by atoms with Gasteiger partial charge in [-0.1, -0.05) is 149 Å². The smallest absolute Gasteiger partial charge is 0.336 e. The van der Waals surface area contributed by atoms with Crippen molar-refractivity contribution in [2.45, 2.75) is 143 Å². The number of unbranched alkanes of at least 4 members (excludes halogenated alkanes) is 10. The summed E-state index contributed by atoms with van der Waals surface area (Å²) in [6, 6.07) is 8.72. The predicted molar refractivity (Wildman–Crippen MR) is 224 cm³/mol. The summed E-state index contributed by atoms with van der Waals surface area (Å²) in [5, 5.41) is 39.6. The molecule has 1 saturated heterocycles. The maximum atomic E-state index is 14.2. The van der Waals surface area contributed by atoms with Gasteiger partial charge in [-0.05, 0) is 76.5 Å². The van der Waals surface area contributed by atoms with Crippen molar-refractivity contribution < 1.29 is 53.9 Å². The third kappa shape index (κ3) is 9.88. The third-order valence-corrected chi connectivity index (χ3v) is 13.2. The van der Waals surface area contributed by atoms with Crippen molar-refractivity contribution >= 4 is 35.8 Å². The van der Waals surface area contributed by atoms with Crippen LogP contribution in [0.4, 0.5) is 0 Å². The predicted octanol–water partition coefficient (Wildman–Crippen LogP) is 11.1. The molecule has 59 heavy (non-hydrogen) atoms. The minimum Gasteiger partial charge on any atom is -0.478 e. The summed E-state index contributed by atoms with van der Waals surface area (Å²) in [7, 11) is 0. The minimum atomic E-state index is -1.50. The van der Waals surface area contributed by atoms with Gasteiger partial charge >= 0.3 is 35.8 Å². The van der Waals surface area contributed by atoms with Gasteiger partial charge in [-0.3, -0.25) is 9.59 Å². The van der Waals surface area contributed by atoms with E-state index in [1.54, 1.807) is 24.3 Å². The van der Waals surface area contributed by atoms with Crippen molar-refractivity contribution in [3.63, 3.8) is 0 Å². The van der Waals surface area contributed by atoms with Gasteiger partial charge < -0.3 is 25.2 Å². The Kier molecular flexibility index (Phi) is 15.6. The van der Waals surface area contributed by atoms with Crippen molar-refractivity contribution in [1.29, 1.82) is 0 Å². The first-order chi connectivity index (χ1) is 27.9. The molecule has 2 aromatic rings. The number of rotatable bonds is 24. The lowest BCUT2D eigenvalue weighted by atomic mass is 9.51. The molecule has 11 nitrogen and oxygen atoms in total. The molecule has 320 valence electrons. The molecule has 0 amide bonds. The molecule has 4 N–H and O–H groups in total. The second-order valence-electron chi connectivity index (χ2n) is 17.5. The molecule has 0 aromatic heterocycles. The highest BCUT2D eigenvalue weighted by Crippen LogP contribution is 2.62. The zero-order valence-corrected chi connectivity index (χ0v) is 35.5. The molecule has 1 heterocycles. The van der Waals surface area contributed by atoms with E-state index in [0.717, 1.165) is 82.6 Å². The SMILES string of the molecule is CCCCCCCCC(c1ccc(C(=O)O)c(C(=O)O)c1)C(C)(C)C1=CC2C(=O)OC(=O)C2(C(C)(C)C(CCCCCCCC)c2ccc(C(=O)O)c(C(=O)O)c2)C=C1. The van der Waals surface area contributed by atoms with E-state index in [9.17, 15) is 49.2 Å². The average molecular weight is 815 g/mol. The number of benzene rings is 2. The lowest BCUT2D eigenvalue weighted by molar-refractivity contribution is -0.156. The monoisotopic (exact) mass is 814 g/mol. The van der Waals surface area contributed by atoms with Gasteiger partial charge in [-0.15, -0.1) is 0 Å². The number of carboxylic acids is 4. The van der Waals surface area contributed by atoms with E-state index in [4.69, 9.17) is 4.74 Å². The van der Waals surface area contributed by atoms with Gasteiger partial charge in [0.15, 0.2) is 0 Å². The fourth-order valence-electron chi connectivity index (χ4n) is 9.61. The summed E-state index contributed by atoms with van der Waals surface area (Å²) in [4.78, 5) is 76.7. The van der Waals surface area contributed by atoms with Crippen LogP contribution in [0, 0.1) is 22.2 Å². The normalized spacial score (nSPS) is 18.8. The molecule has 2 aliphatic rings. The Bertz CT molecular complexity index is 1970. The summed E-state index contributed by atoms with van der Waals surface area (Å²) in [5.74, 6) is -8.71. The van der Waals surface area contributed by atoms with Gasteiger partial charge in [0, 0.05) is 0 Å². The van der Waals surface area contributed by atoms with Crippen molar-refractivity contribution in [2.24, 2.45) is 22.2 Å². The molecule has 1 aliphatic carbocycles. The van der Waals surface area contributed by atoms with Crippen LogP contribution in [0.1, 0.15) is 196 Å². The number of carbonyl (C=O) groups is 6. The Morgan fingerprint density at radius 1 is 0.627 bits per heavy atom. The summed E-state index contributed by atoms with van der Waals surface area (Å²) in [5.41, 5.74) is -2.69. The van der Waals surface area contributed by atoms with E-state index in [1.807, 2.05) is 33.8 Å². The van der Waals surface area contributed by atoms with E-state index in [1.165, 1.54) is 24.3 Å². The fraction of sp³-hybridized carbons (Fsp3) is 0.542. The maximum absolute atomic E-state index is 14.2. The quantitative estimate of drug-likeness (QED) is 0.0447. The van der Waals surface area contributed by atoms with Gasteiger partial charge in [-0.25, -0.2) is 19.2 Å². The van der Waals surface area contributed by atoms with Crippen LogP contribution in [0.15, 0.2) is 60.2 Å².